The Balaban J connectivity index is -0.000000240. The topological polar surface area (TPSA) is 227 Å². The minimum absolute atomic E-state index is 0. The first-order valence-electron chi connectivity index (χ1n) is 12.4. The van der Waals surface area contributed by atoms with Gasteiger partial charge in [0.15, 0.2) is 0 Å². The van der Waals surface area contributed by atoms with Crippen LogP contribution in [0.2, 0.25) is 0 Å². The summed E-state index contributed by atoms with van der Waals surface area (Å²) in [4.78, 5) is 30.3. The predicted molar refractivity (Wildman–Crippen MR) is 142 cm³/mol. The minimum Gasteiger partial charge on any atom is -0.550 e. The molecule has 0 N–H and O–H groups in total. The Bertz CT molecular complexity index is 691. The normalized spacial score (nSPS) is 11.2. The van der Waals surface area contributed by atoms with Crippen LogP contribution in [0, 0.1) is 0 Å². The fourth-order valence-electron chi connectivity index (χ4n) is 2.36. The zero-order chi connectivity index (χ0) is 31.0. The summed E-state index contributed by atoms with van der Waals surface area (Å²) in [6.45, 7) is 11.5. The first kappa shape index (κ1) is 46.4. The molecule has 0 aliphatic carbocycles. The Morgan fingerprint density at radius 3 is 0.700 bits per heavy atom. The second-order valence-corrected chi connectivity index (χ2v) is 13.4. The maximum Gasteiger partial charge on any atom is 3.00 e. The summed E-state index contributed by atoms with van der Waals surface area (Å²) in [5.41, 5.74) is 0. The van der Waals surface area contributed by atoms with Crippen LogP contribution in [0.1, 0.15) is 60.8 Å². The van der Waals surface area contributed by atoms with Gasteiger partial charge in [0.2, 0.25) is 0 Å². The molecule has 0 aromatic heterocycles. The van der Waals surface area contributed by atoms with E-state index in [1.807, 2.05) is 0 Å². The third-order valence-corrected chi connectivity index (χ3v) is 9.95. The Morgan fingerprint density at radius 1 is 0.450 bits per heavy atom. The SMILES string of the molecule is CCOP(=O)(CCC(=O)[O-])OCC.CCOP(=O)(CCC(=O)[O-])OCC.CCOP(=O)(CCC(=O)[O-])OCC.[Al+3]. The zero-order valence-corrected chi connectivity index (χ0v) is 27.9. The van der Waals surface area contributed by atoms with Crippen molar-refractivity contribution in [2.45, 2.75) is 60.8 Å². The van der Waals surface area contributed by atoms with E-state index in [9.17, 15) is 43.4 Å². The van der Waals surface area contributed by atoms with Crippen LogP contribution in [-0.2, 0) is 55.2 Å². The Labute approximate surface area is 247 Å². The quantitative estimate of drug-likeness (QED) is 0.123. The summed E-state index contributed by atoms with van der Waals surface area (Å²) in [5, 5.41) is 30.3. The van der Waals surface area contributed by atoms with E-state index in [1.165, 1.54) is 0 Å². The minimum atomic E-state index is -3.19. The summed E-state index contributed by atoms with van der Waals surface area (Å²) in [7, 11) is -9.58. The molecule has 0 aliphatic rings. The van der Waals surface area contributed by atoms with Crippen molar-refractivity contribution in [1.29, 1.82) is 0 Å². The second-order valence-electron chi connectivity index (χ2n) is 6.88. The number of carbonyl (C=O) groups is 3. The second kappa shape index (κ2) is 27.2. The third kappa shape index (κ3) is 28.9. The van der Waals surface area contributed by atoms with Crippen molar-refractivity contribution in [2.24, 2.45) is 0 Å². The van der Waals surface area contributed by atoms with Crippen LogP contribution in [0.3, 0.4) is 0 Å². The molecule has 0 saturated carbocycles. The first-order chi connectivity index (χ1) is 18.1. The Kier molecular flexibility index (Phi) is 31.6. The molecule has 0 aliphatic heterocycles. The molecule has 0 unspecified atom stereocenters. The number of carboxylic acids is 3. The van der Waals surface area contributed by atoms with Crippen molar-refractivity contribution in [3.8, 4) is 0 Å². The van der Waals surface area contributed by atoms with Gasteiger partial charge in [-0.2, -0.15) is 0 Å². The zero-order valence-electron chi connectivity index (χ0n) is 24.0. The van der Waals surface area contributed by atoms with Gasteiger partial charge < -0.3 is 56.8 Å². The summed E-state index contributed by atoms with van der Waals surface area (Å²) in [6, 6.07) is 0. The number of carboxylic acid groups (broad SMARTS) is 3. The number of carbonyl (C=O) groups excluding carboxylic acids is 3. The van der Waals surface area contributed by atoms with Crippen molar-refractivity contribution < 1.29 is 70.5 Å². The van der Waals surface area contributed by atoms with Crippen molar-refractivity contribution >= 4 is 58.1 Å². The van der Waals surface area contributed by atoms with Crippen LogP contribution in [-0.4, -0.2) is 93.4 Å². The molecule has 0 aromatic rings. The summed E-state index contributed by atoms with van der Waals surface area (Å²) in [5.74, 6) is -3.75. The van der Waals surface area contributed by atoms with Crippen LogP contribution >= 0.6 is 22.8 Å². The van der Waals surface area contributed by atoms with Crippen molar-refractivity contribution in [3.05, 3.63) is 0 Å². The van der Waals surface area contributed by atoms with Gasteiger partial charge in [0.05, 0.1) is 58.1 Å². The van der Waals surface area contributed by atoms with E-state index in [2.05, 4.69) is 0 Å². The summed E-state index contributed by atoms with van der Waals surface area (Å²) < 4.78 is 63.9. The molecular weight excluding hydrogens is 612 g/mol. The molecule has 40 heavy (non-hydrogen) atoms. The van der Waals surface area contributed by atoms with Crippen molar-refractivity contribution in [1.82, 2.24) is 0 Å². The maximum absolute atomic E-state index is 11.6. The molecule has 0 spiro atoms. The molecule has 19 heteroatoms. The van der Waals surface area contributed by atoms with Gasteiger partial charge in [-0.25, -0.2) is 0 Å². The van der Waals surface area contributed by atoms with Crippen molar-refractivity contribution in [2.75, 3.05) is 58.1 Å². The Hall–Kier alpha value is -0.608. The molecular formula is C21H42AlO15P3. The van der Waals surface area contributed by atoms with Gasteiger partial charge in [0, 0.05) is 17.9 Å². The monoisotopic (exact) mass is 654 g/mol. The third-order valence-electron chi connectivity index (χ3n) is 3.72. The van der Waals surface area contributed by atoms with E-state index in [4.69, 9.17) is 27.1 Å². The first-order valence-corrected chi connectivity index (χ1v) is 17.5. The standard InChI is InChI=1S/3C7H15O5P.Al/c3*1-3-11-13(10,12-4-2)6-5-7(8)9;/h3*3-6H2,1-2H3,(H,8,9);/q;;;+3/p-3. The molecule has 0 amide bonds. The van der Waals surface area contributed by atoms with Gasteiger partial charge in [0.25, 0.3) is 0 Å². The number of hydrogen-bond acceptors (Lipinski definition) is 15. The smallest absolute Gasteiger partial charge is 0.550 e. The number of rotatable bonds is 21. The van der Waals surface area contributed by atoms with Gasteiger partial charge >= 0.3 is 40.1 Å². The molecule has 0 bridgehead atoms. The largest absolute Gasteiger partial charge is 3.00 e. The number of aliphatic carboxylic acids is 3. The summed E-state index contributed by atoms with van der Waals surface area (Å²) >= 11 is 0. The molecule has 0 heterocycles. The fraction of sp³-hybridized carbons (Fsp3) is 0.857. The molecule has 0 atom stereocenters. The molecule has 234 valence electrons. The fourth-order valence-corrected chi connectivity index (χ4v) is 7.09. The van der Waals surface area contributed by atoms with E-state index in [0.717, 1.165) is 0 Å². The van der Waals surface area contributed by atoms with Crippen LogP contribution in [0.25, 0.3) is 0 Å². The Morgan fingerprint density at radius 2 is 0.600 bits per heavy atom. The number of hydrogen-bond donors (Lipinski definition) is 0. The van der Waals surface area contributed by atoms with E-state index in [-0.39, 0.29) is 94.8 Å². The van der Waals surface area contributed by atoms with Crippen LogP contribution < -0.4 is 15.3 Å². The van der Waals surface area contributed by atoms with Crippen LogP contribution in [0.4, 0.5) is 0 Å². The van der Waals surface area contributed by atoms with Gasteiger partial charge in [0.1, 0.15) is 0 Å². The van der Waals surface area contributed by atoms with E-state index in [0.29, 0.717) is 0 Å². The average Bonchev–Trinajstić information content (AvgIpc) is 2.82. The molecule has 0 rings (SSSR count). The van der Waals surface area contributed by atoms with E-state index >= 15 is 0 Å². The van der Waals surface area contributed by atoms with Gasteiger partial charge in [-0.3, -0.25) is 13.7 Å². The van der Waals surface area contributed by atoms with Crippen LogP contribution in [0.15, 0.2) is 0 Å². The molecule has 15 nitrogen and oxygen atoms in total. The molecule has 0 radical (unpaired) electrons. The predicted octanol–water partition coefficient (Wildman–Crippen LogP) is 0.797. The van der Waals surface area contributed by atoms with Gasteiger partial charge in [-0.15, -0.1) is 0 Å². The van der Waals surface area contributed by atoms with E-state index < -0.39 is 40.7 Å². The van der Waals surface area contributed by atoms with E-state index in [1.54, 1.807) is 41.5 Å². The maximum atomic E-state index is 11.6. The van der Waals surface area contributed by atoms with Gasteiger partial charge in [-0.1, -0.05) is 0 Å². The molecule has 0 aromatic carbocycles. The molecule has 0 saturated heterocycles. The van der Waals surface area contributed by atoms with Crippen molar-refractivity contribution in [3.63, 3.8) is 0 Å². The average molecular weight is 654 g/mol. The molecule has 0 fully saturated rings. The van der Waals surface area contributed by atoms with Gasteiger partial charge in [-0.05, 0) is 60.8 Å². The summed E-state index contributed by atoms with van der Waals surface area (Å²) in [6.07, 6.45) is -1.31. The van der Waals surface area contributed by atoms with Crippen LogP contribution in [0.5, 0.6) is 0 Å².